The highest BCUT2D eigenvalue weighted by Crippen LogP contribution is 2.07. The molecule has 2 heterocycles. The fraction of sp³-hybridized carbons (Fsp3) is 0.857. The Morgan fingerprint density at radius 2 is 1.00 bits per heavy atom. The van der Waals surface area contributed by atoms with E-state index in [1.165, 1.54) is 64.7 Å². The van der Waals surface area contributed by atoms with Crippen LogP contribution in [0.3, 0.4) is 0 Å². The number of thiocarbonyl (C=S) groups is 2. The zero-order valence-corrected chi connectivity index (χ0v) is 13.8. The van der Waals surface area contributed by atoms with E-state index in [1.54, 1.807) is 0 Å². The number of piperidine rings is 2. The molecule has 0 spiro atoms. The maximum Gasteiger partial charge on any atom is 0.135 e. The van der Waals surface area contributed by atoms with E-state index in [2.05, 4.69) is 20.4 Å². The number of hydrogen-bond acceptors (Lipinski definition) is 4. The van der Waals surface area contributed by atoms with Crippen molar-refractivity contribution in [3.63, 3.8) is 0 Å². The summed E-state index contributed by atoms with van der Waals surface area (Å²) in [6.07, 6.45) is 7.91. The fourth-order valence-electron chi connectivity index (χ4n) is 2.76. The molecule has 20 heavy (non-hydrogen) atoms. The highest BCUT2D eigenvalue weighted by atomic mass is 32.1. The second kappa shape index (κ2) is 8.87. The molecule has 0 aromatic carbocycles. The standard InChI is InChI=1S/C14H26N4S2/c19-13(15-11-17-7-3-1-4-8-17)14(20)16-12-18-9-5-2-6-10-18/h1-12H2,(H,15,19)(H,16,20). The van der Waals surface area contributed by atoms with Crippen LogP contribution in [-0.4, -0.2) is 59.3 Å². The molecule has 0 radical (unpaired) electrons. The van der Waals surface area contributed by atoms with Crippen molar-refractivity contribution >= 4 is 34.4 Å². The number of likely N-dealkylation sites (tertiary alicyclic amines) is 2. The van der Waals surface area contributed by atoms with E-state index >= 15 is 0 Å². The van der Waals surface area contributed by atoms with Crippen molar-refractivity contribution in [2.45, 2.75) is 38.5 Å². The van der Waals surface area contributed by atoms with Gasteiger partial charge < -0.3 is 10.6 Å². The van der Waals surface area contributed by atoms with E-state index in [4.69, 9.17) is 24.4 Å². The smallest absolute Gasteiger partial charge is 0.135 e. The quantitative estimate of drug-likeness (QED) is 0.768. The van der Waals surface area contributed by atoms with Crippen molar-refractivity contribution in [3.8, 4) is 0 Å². The molecule has 2 aliphatic rings. The number of nitrogens with zero attached hydrogens (tertiary/aromatic N) is 2. The molecule has 0 aromatic heterocycles. The Morgan fingerprint density at radius 3 is 1.35 bits per heavy atom. The van der Waals surface area contributed by atoms with Crippen molar-refractivity contribution in [2.24, 2.45) is 0 Å². The predicted molar refractivity (Wildman–Crippen MR) is 92.0 cm³/mol. The van der Waals surface area contributed by atoms with Gasteiger partial charge >= 0.3 is 0 Å². The van der Waals surface area contributed by atoms with Crippen LogP contribution in [0, 0.1) is 0 Å². The lowest BCUT2D eigenvalue weighted by atomic mass is 10.1. The number of rotatable bonds is 4. The summed E-state index contributed by atoms with van der Waals surface area (Å²) >= 11 is 10.7. The molecule has 0 atom stereocenters. The SMILES string of the molecule is S=C(NCN1CCCCC1)C(=S)NCN1CCCCC1. The van der Waals surface area contributed by atoms with E-state index in [0.29, 0.717) is 9.98 Å². The second-order valence-corrected chi connectivity index (χ2v) is 6.50. The molecule has 2 rings (SSSR count). The molecule has 0 aromatic rings. The Bertz CT molecular complexity index is 291. The topological polar surface area (TPSA) is 30.5 Å². The van der Waals surface area contributed by atoms with Gasteiger partial charge in [-0.05, 0) is 51.9 Å². The third kappa shape index (κ3) is 5.60. The molecule has 4 nitrogen and oxygen atoms in total. The van der Waals surface area contributed by atoms with Gasteiger partial charge in [0.1, 0.15) is 9.98 Å². The third-order valence-electron chi connectivity index (χ3n) is 4.03. The van der Waals surface area contributed by atoms with E-state index in [0.717, 1.165) is 13.3 Å². The molecule has 0 saturated carbocycles. The first-order valence-corrected chi connectivity index (χ1v) is 8.58. The molecule has 6 heteroatoms. The van der Waals surface area contributed by atoms with Gasteiger partial charge in [-0.1, -0.05) is 37.3 Å². The fourth-order valence-corrected chi connectivity index (χ4v) is 3.04. The average Bonchev–Trinajstić information content (AvgIpc) is 2.52. The second-order valence-electron chi connectivity index (χ2n) is 5.69. The first-order chi connectivity index (χ1) is 9.75. The van der Waals surface area contributed by atoms with Crippen LogP contribution in [0.2, 0.25) is 0 Å². The van der Waals surface area contributed by atoms with Crippen molar-refractivity contribution in [1.82, 2.24) is 20.4 Å². The maximum atomic E-state index is 5.35. The average molecular weight is 315 g/mol. The summed E-state index contributed by atoms with van der Waals surface area (Å²) < 4.78 is 0. The zero-order valence-electron chi connectivity index (χ0n) is 12.2. The summed E-state index contributed by atoms with van der Waals surface area (Å²) in [5, 5.41) is 6.55. The number of nitrogens with one attached hydrogen (secondary N) is 2. The summed E-state index contributed by atoms with van der Waals surface area (Å²) in [6, 6.07) is 0. The van der Waals surface area contributed by atoms with Crippen LogP contribution < -0.4 is 10.6 Å². The minimum absolute atomic E-state index is 0.683. The van der Waals surface area contributed by atoms with E-state index < -0.39 is 0 Å². The lowest BCUT2D eigenvalue weighted by Gasteiger charge is -2.28. The minimum Gasteiger partial charge on any atom is -0.361 e. The first-order valence-electron chi connectivity index (χ1n) is 7.76. The van der Waals surface area contributed by atoms with Gasteiger partial charge in [-0.15, -0.1) is 0 Å². The van der Waals surface area contributed by atoms with Crippen LogP contribution in [0.1, 0.15) is 38.5 Å². The molecule has 0 aliphatic carbocycles. The summed E-state index contributed by atoms with van der Waals surface area (Å²) in [6.45, 7) is 6.33. The Kier molecular flexibility index (Phi) is 7.13. The van der Waals surface area contributed by atoms with Crippen molar-refractivity contribution < 1.29 is 0 Å². The summed E-state index contributed by atoms with van der Waals surface area (Å²) in [5.74, 6) is 0. The Morgan fingerprint density at radius 1 is 0.650 bits per heavy atom. The van der Waals surface area contributed by atoms with Gasteiger partial charge in [0.05, 0.1) is 13.3 Å². The highest BCUT2D eigenvalue weighted by Gasteiger charge is 2.13. The molecule has 0 unspecified atom stereocenters. The van der Waals surface area contributed by atoms with Gasteiger partial charge in [-0.3, -0.25) is 9.80 Å². The van der Waals surface area contributed by atoms with E-state index in [1.807, 2.05) is 0 Å². The van der Waals surface area contributed by atoms with Crippen molar-refractivity contribution in [3.05, 3.63) is 0 Å². The van der Waals surface area contributed by atoms with Gasteiger partial charge in [0, 0.05) is 0 Å². The summed E-state index contributed by atoms with van der Waals surface area (Å²) in [4.78, 5) is 6.18. The molecule has 0 bridgehead atoms. The Labute approximate surface area is 133 Å². The predicted octanol–water partition coefficient (Wildman–Crippen LogP) is 1.71. The molecule has 2 aliphatic heterocycles. The van der Waals surface area contributed by atoms with Gasteiger partial charge in [-0.2, -0.15) is 0 Å². The molecule has 114 valence electrons. The maximum absolute atomic E-state index is 5.35. The first kappa shape index (κ1) is 16.1. The van der Waals surface area contributed by atoms with Crippen LogP contribution in [0.15, 0.2) is 0 Å². The van der Waals surface area contributed by atoms with E-state index in [-0.39, 0.29) is 0 Å². The van der Waals surface area contributed by atoms with E-state index in [9.17, 15) is 0 Å². The minimum atomic E-state index is 0.683. The van der Waals surface area contributed by atoms with Gasteiger partial charge in [-0.25, -0.2) is 0 Å². The summed E-state index contributed by atoms with van der Waals surface area (Å²) in [5.41, 5.74) is 0. The van der Waals surface area contributed by atoms with Crippen LogP contribution >= 0.6 is 24.4 Å². The molecule has 0 amide bonds. The third-order valence-corrected chi connectivity index (χ3v) is 4.86. The van der Waals surface area contributed by atoms with Crippen LogP contribution in [0.5, 0.6) is 0 Å². The van der Waals surface area contributed by atoms with Crippen molar-refractivity contribution in [1.29, 1.82) is 0 Å². The molecular weight excluding hydrogens is 288 g/mol. The summed E-state index contributed by atoms with van der Waals surface area (Å²) in [7, 11) is 0. The lowest BCUT2D eigenvalue weighted by Crippen LogP contribution is -2.47. The monoisotopic (exact) mass is 314 g/mol. The lowest BCUT2D eigenvalue weighted by molar-refractivity contribution is 0.224. The Hall–Kier alpha value is -0.300. The molecule has 2 N–H and O–H groups in total. The number of hydrogen-bond donors (Lipinski definition) is 2. The molecule has 2 saturated heterocycles. The van der Waals surface area contributed by atoms with Gasteiger partial charge in [0.25, 0.3) is 0 Å². The molecule has 2 fully saturated rings. The van der Waals surface area contributed by atoms with Crippen molar-refractivity contribution in [2.75, 3.05) is 39.5 Å². The Balaban J connectivity index is 1.59. The van der Waals surface area contributed by atoms with Gasteiger partial charge in [0.15, 0.2) is 0 Å². The highest BCUT2D eigenvalue weighted by molar-refractivity contribution is 7.89. The largest absolute Gasteiger partial charge is 0.361 e. The van der Waals surface area contributed by atoms with Crippen LogP contribution in [0.4, 0.5) is 0 Å². The normalized spacial score (nSPS) is 21.4. The van der Waals surface area contributed by atoms with Crippen LogP contribution in [0.25, 0.3) is 0 Å². The zero-order chi connectivity index (χ0) is 14.2. The molecular formula is C14H26N4S2. The van der Waals surface area contributed by atoms with Gasteiger partial charge in [0.2, 0.25) is 0 Å². The van der Waals surface area contributed by atoms with Crippen LogP contribution in [-0.2, 0) is 0 Å².